The van der Waals surface area contributed by atoms with Gasteiger partial charge < -0.3 is 10.6 Å². The molecule has 0 aliphatic carbocycles. The van der Waals surface area contributed by atoms with Crippen LogP contribution >= 0.6 is 11.6 Å². The molecule has 2 aliphatic rings. The van der Waals surface area contributed by atoms with Gasteiger partial charge in [0.2, 0.25) is 0 Å². The molecule has 0 fully saturated rings. The fourth-order valence-electron chi connectivity index (χ4n) is 2.97. The van der Waals surface area contributed by atoms with E-state index >= 15 is 0 Å². The van der Waals surface area contributed by atoms with Gasteiger partial charge in [-0.15, -0.1) is 0 Å². The lowest BCUT2D eigenvalue weighted by atomic mass is 9.95. The van der Waals surface area contributed by atoms with Crippen molar-refractivity contribution in [1.82, 2.24) is 0 Å². The summed E-state index contributed by atoms with van der Waals surface area (Å²) in [5.74, 6) is -0.533. The topological polar surface area (TPSA) is 58.2 Å². The highest BCUT2D eigenvalue weighted by Gasteiger charge is 2.35. The van der Waals surface area contributed by atoms with Crippen molar-refractivity contribution in [3.8, 4) is 0 Å². The Morgan fingerprint density at radius 1 is 0.864 bits per heavy atom. The van der Waals surface area contributed by atoms with Crippen molar-refractivity contribution in [2.24, 2.45) is 0 Å². The molecule has 0 unspecified atom stereocenters. The molecule has 0 saturated heterocycles. The molecule has 2 aromatic carbocycles. The van der Waals surface area contributed by atoms with Gasteiger partial charge in [0.15, 0.2) is 0 Å². The normalized spacial score (nSPS) is 18.8. The third kappa shape index (κ3) is 1.64. The fourth-order valence-corrected chi connectivity index (χ4v) is 3.13. The van der Waals surface area contributed by atoms with Crippen molar-refractivity contribution in [2.75, 3.05) is 10.6 Å². The quantitative estimate of drug-likeness (QED) is 0.732. The van der Waals surface area contributed by atoms with Gasteiger partial charge >= 0.3 is 0 Å². The van der Waals surface area contributed by atoms with E-state index in [2.05, 4.69) is 10.6 Å². The second-order valence-corrected chi connectivity index (χ2v) is 5.71. The maximum Gasteiger partial charge on any atom is 0.257 e. The Kier molecular flexibility index (Phi) is 2.65. The van der Waals surface area contributed by atoms with Crippen LogP contribution in [-0.4, -0.2) is 11.8 Å². The first-order valence-corrected chi connectivity index (χ1v) is 7.21. The largest absolute Gasteiger partial charge is 0.321 e. The summed E-state index contributed by atoms with van der Waals surface area (Å²) in [4.78, 5) is 24.8. The lowest BCUT2D eigenvalue weighted by Gasteiger charge is -2.05. The van der Waals surface area contributed by atoms with Crippen LogP contribution in [0, 0.1) is 6.92 Å². The molecule has 0 radical (unpaired) electrons. The van der Waals surface area contributed by atoms with Crippen molar-refractivity contribution < 1.29 is 9.59 Å². The number of carbonyl (C=O) groups excluding carboxylic acids is 2. The molecule has 2 heterocycles. The summed E-state index contributed by atoms with van der Waals surface area (Å²) in [5, 5.41) is 6.21. The van der Waals surface area contributed by atoms with Crippen molar-refractivity contribution in [3.63, 3.8) is 0 Å². The number of amides is 2. The molecule has 2 aliphatic heterocycles. The Hall–Kier alpha value is -2.59. The first-order chi connectivity index (χ1) is 10.6. The van der Waals surface area contributed by atoms with Gasteiger partial charge in [0.05, 0.1) is 16.8 Å². The van der Waals surface area contributed by atoms with Crippen molar-refractivity contribution >= 4 is 45.9 Å². The fraction of sp³-hybridized carbons (Fsp3) is 0.0588. The Labute approximate surface area is 131 Å². The molecule has 0 atom stereocenters. The number of anilines is 2. The van der Waals surface area contributed by atoms with E-state index in [0.29, 0.717) is 27.4 Å². The SMILES string of the molecule is Cc1c(Cl)ccc2c1NC(=O)/C2=C1/C(=O)Nc2ccccc21. The molecule has 4 nitrogen and oxygen atoms in total. The van der Waals surface area contributed by atoms with Crippen LogP contribution in [-0.2, 0) is 9.59 Å². The van der Waals surface area contributed by atoms with E-state index in [1.54, 1.807) is 12.1 Å². The third-order valence-electron chi connectivity index (χ3n) is 4.06. The van der Waals surface area contributed by atoms with Crippen molar-refractivity contribution in [1.29, 1.82) is 0 Å². The van der Waals surface area contributed by atoms with Gasteiger partial charge in [0, 0.05) is 21.8 Å². The average Bonchev–Trinajstić information content (AvgIpc) is 2.99. The lowest BCUT2D eigenvalue weighted by Crippen LogP contribution is -2.10. The Bertz CT molecular complexity index is 900. The van der Waals surface area contributed by atoms with Gasteiger partial charge in [-0.05, 0) is 24.6 Å². The smallest absolute Gasteiger partial charge is 0.257 e. The van der Waals surface area contributed by atoms with Gasteiger partial charge in [-0.2, -0.15) is 0 Å². The molecule has 0 aromatic heterocycles. The Morgan fingerprint density at radius 2 is 1.55 bits per heavy atom. The molecule has 0 bridgehead atoms. The van der Waals surface area contributed by atoms with E-state index in [1.807, 2.05) is 31.2 Å². The molecular weight excluding hydrogens is 300 g/mol. The molecule has 108 valence electrons. The number of benzene rings is 2. The minimum atomic E-state index is -0.276. The summed E-state index contributed by atoms with van der Waals surface area (Å²) in [5.41, 5.74) is 4.48. The predicted octanol–water partition coefficient (Wildman–Crippen LogP) is 3.46. The van der Waals surface area contributed by atoms with Gasteiger partial charge in [-0.25, -0.2) is 0 Å². The molecule has 0 saturated carbocycles. The molecule has 5 heteroatoms. The highest BCUT2D eigenvalue weighted by molar-refractivity contribution is 6.49. The number of hydrogen-bond acceptors (Lipinski definition) is 2. The zero-order valence-corrected chi connectivity index (χ0v) is 12.4. The molecule has 0 spiro atoms. The molecule has 2 amide bonds. The van der Waals surface area contributed by atoms with Gasteiger partial charge in [-0.1, -0.05) is 35.9 Å². The minimum absolute atomic E-state index is 0.258. The monoisotopic (exact) mass is 310 g/mol. The van der Waals surface area contributed by atoms with Crippen molar-refractivity contribution in [3.05, 3.63) is 58.1 Å². The zero-order chi connectivity index (χ0) is 15.4. The average molecular weight is 311 g/mol. The summed E-state index contributed by atoms with van der Waals surface area (Å²) in [6.07, 6.45) is 0. The summed E-state index contributed by atoms with van der Waals surface area (Å²) in [6, 6.07) is 10.9. The highest BCUT2D eigenvalue weighted by atomic mass is 35.5. The van der Waals surface area contributed by atoms with E-state index in [0.717, 1.165) is 16.8 Å². The number of hydrogen-bond donors (Lipinski definition) is 2. The molecule has 4 rings (SSSR count). The zero-order valence-electron chi connectivity index (χ0n) is 11.7. The van der Waals surface area contributed by atoms with Gasteiger partial charge in [0.1, 0.15) is 0 Å². The van der Waals surface area contributed by atoms with E-state index < -0.39 is 0 Å². The predicted molar refractivity (Wildman–Crippen MR) is 86.7 cm³/mol. The van der Waals surface area contributed by atoms with Crippen LogP contribution in [0.25, 0.3) is 11.1 Å². The number of halogens is 1. The van der Waals surface area contributed by atoms with Crippen molar-refractivity contribution in [2.45, 2.75) is 6.92 Å². The van der Waals surface area contributed by atoms with Gasteiger partial charge in [0.25, 0.3) is 11.8 Å². The first kappa shape index (κ1) is 13.1. The molecule has 2 N–H and O–H groups in total. The summed E-state index contributed by atoms with van der Waals surface area (Å²) < 4.78 is 0. The van der Waals surface area contributed by atoms with E-state index in [4.69, 9.17) is 11.6 Å². The van der Waals surface area contributed by atoms with Crippen LogP contribution in [0.3, 0.4) is 0 Å². The van der Waals surface area contributed by atoms with E-state index in [1.165, 1.54) is 0 Å². The summed E-state index contributed by atoms with van der Waals surface area (Å²) in [6.45, 7) is 1.84. The van der Waals surface area contributed by atoms with E-state index in [-0.39, 0.29) is 11.8 Å². The number of para-hydroxylation sites is 1. The van der Waals surface area contributed by atoms with E-state index in [9.17, 15) is 9.59 Å². The minimum Gasteiger partial charge on any atom is -0.321 e. The molecule has 22 heavy (non-hydrogen) atoms. The standard InChI is InChI=1S/C17H11ClN2O2/c1-8-11(18)7-6-10-14(17(22)20-15(8)10)13-9-4-2-3-5-12(9)19-16(13)21/h2-7H,1H3,(H,19,21)(H,20,22)/b14-13+. The molecular formula is C17H11ClN2O2. The van der Waals surface area contributed by atoms with Crippen LogP contribution in [0.4, 0.5) is 11.4 Å². The number of carbonyl (C=O) groups is 2. The maximum absolute atomic E-state index is 12.4. The van der Waals surface area contributed by atoms with Gasteiger partial charge in [-0.3, -0.25) is 9.59 Å². The van der Waals surface area contributed by atoms with Crippen LogP contribution in [0.5, 0.6) is 0 Å². The van der Waals surface area contributed by atoms with Crippen LogP contribution < -0.4 is 10.6 Å². The first-order valence-electron chi connectivity index (χ1n) is 6.84. The molecule has 2 aromatic rings. The Morgan fingerprint density at radius 3 is 2.36 bits per heavy atom. The summed E-state index contributed by atoms with van der Waals surface area (Å²) >= 11 is 6.11. The number of rotatable bonds is 0. The van der Waals surface area contributed by atoms with Crippen LogP contribution in [0.1, 0.15) is 16.7 Å². The Balaban J connectivity index is 2.04. The summed E-state index contributed by atoms with van der Waals surface area (Å²) in [7, 11) is 0. The third-order valence-corrected chi connectivity index (χ3v) is 4.46. The number of nitrogens with one attached hydrogen (secondary N) is 2. The lowest BCUT2D eigenvalue weighted by molar-refractivity contribution is -0.112. The second-order valence-electron chi connectivity index (χ2n) is 5.30. The van der Waals surface area contributed by atoms with Crippen LogP contribution in [0.2, 0.25) is 5.02 Å². The van der Waals surface area contributed by atoms with Crippen LogP contribution in [0.15, 0.2) is 36.4 Å². The number of fused-ring (bicyclic) bond motifs is 2. The highest BCUT2D eigenvalue weighted by Crippen LogP contribution is 2.44. The maximum atomic E-state index is 12.4. The second kappa shape index (κ2) is 4.45.